The molecule has 2 nitrogen and oxygen atoms in total. The topological polar surface area (TPSA) is 26.3 Å². The van der Waals surface area contributed by atoms with Gasteiger partial charge in [0, 0.05) is 9.99 Å². The molecule has 0 aromatic heterocycles. The fourth-order valence-electron chi connectivity index (χ4n) is 0.853. The molecule has 0 fully saturated rings. The lowest BCUT2D eigenvalue weighted by atomic mass is 10.5. The van der Waals surface area contributed by atoms with Gasteiger partial charge in [0.25, 0.3) is 0 Å². The van der Waals surface area contributed by atoms with Gasteiger partial charge in [-0.1, -0.05) is 30.1 Å². The second-order valence-corrected chi connectivity index (χ2v) is 7.44. The maximum atomic E-state index is 10.9. The van der Waals surface area contributed by atoms with Crippen LogP contribution in [0.4, 0.5) is 0 Å². The van der Waals surface area contributed by atoms with Crippen LogP contribution >= 0.6 is 47.0 Å². The highest BCUT2D eigenvalue weighted by Gasteiger charge is 2.19. The summed E-state index contributed by atoms with van der Waals surface area (Å²) >= 11 is 6.84. The molecule has 0 aliphatic carbocycles. The van der Waals surface area contributed by atoms with Crippen molar-refractivity contribution in [3.8, 4) is 0 Å². The second-order valence-electron chi connectivity index (χ2n) is 2.53. The van der Waals surface area contributed by atoms with Crippen LogP contribution in [0.2, 0.25) is 0 Å². The minimum absolute atomic E-state index is 0.150. The molecular formula is C9H12O2S4. The highest BCUT2D eigenvalue weighted by atomic mass is 32.3. The number of esters is 1. The molecule has 0 radical (unpaired) electrons. The van der Waals surface area contributed by atoms with Gasteiger partial charge in [-0.3, -0.25) is 4.79 Å². The van der Waals surface area contributed by atoms with Crippen molar-refractivity contribution in [3.05, 3.63) is 19.3 Å². The standard InChI is InChI=1S/C9H12O2S4/c1-6-14-8(12-3)9(15-6)13-5-4-7(10)11-2/h1,4-5H2,2-3H3. The minimum atomic E-state index is -0.150. The smallest absolute Gasteiger partial charge is 0.306 e. The molecule has 0 amide bonds. The molecule has 1 aliphatic heterocycles. The van der Waals surface area contributed by atoms with Gasteiger partial charge in [0.05, 0.1) is 22.0 Å². The second kappa shape index (κ2) is 6.83. The third-order valence-electron chi connectivity index (χ3n) is 1.53. The fraction of sp³-hybridized carbons (Fsp3) is 0.444. The Hall–Kier alpha value is 0.350. The van der Waals surface area contributed by atoms with Crippen LogP contribution in [-0.4, -0.2) is 25.1 Å². The van der Waals surface area contributed by atoms with Gasteiger partial charge in [0.1, 0.15) is 0 Å². The Balaban J connectivity index is 2.37. The van der Waals surface area contributed by atoms with E-state index in [-0.39, 0.29) is 5.97 Å². The first kappa shape index (κ1) is 13.4. The van der Waals surface area contributed by atoms with E-state index in [1.807, 2.05) is 0 Å². The number of ether oxygens (including phenoxy) is 1. The van der Waals surface area contributed by atoms with E-state index in [0.717, 1.165) is 9.99 Å². The number of thioether (sulfide) groups is 4. The minimum Gasteiger partial charge on any atom is -0.469 e. The lowest BCUT2D eigenvalue weighted by Gasteiger charge is -2.01. The maximum absolute atomic E-state index is 10.9. The van der Waals surface area contributed by atoms with E-state index in [4.69, 9.17) is 0 Å². The predicted molar refractivity (Wildman–Crippen MR) is 74.0 cm³/mol. The highest BCUT2D eigenvalue weighted by Crippen LogP contribution is 2.55. The molecule has 1 rings (SSSR count). The molecular weight excluding hydrogens is 268 g/mol. The van der Waals surface area contributed by atoms with Crippen LogP contribution < -0.4 is 0 Å². The maximum Gasteiger partial charge on any atom is 0.306 e. The van der Waals surface area contributed by atoms with Crippen molar-refractivity contribution in [1.82, 2.24) is 0 Å². The fourth-order valence-corrected chi connectivity index (χ4v) is 5.93. The van der Waals surface area contributed by atoms with Gasteiger partial charge in [-0.05, 0) is 6.26 Å². The zero-order valence-corrected chi connectivity index (χ0v) is 11.8. The average Bonchev–Trinajstić information content (AvgIpc) is 2.58. The summed E-state index contributed by atoms with van der Waals surface area (Å²) in [7, 11) is 1.42. The van der Waals surface area contributed by atoms with Crippen LogP contribution in [0.3, 0.4) is 0 Å². The highest BCUT2D eigenvalue weighted by molar-refractivity contribution is 8.40. The van der Waals surface area contributed by atoms with E-state index in [2.05, 4.69) is 17.6 Å². The first-order valence-corrected chi connectivity index (χ1v) is 8.04. The number of rotatable bonds is 5. The van der Waals surface area contributed by atoms with Crippen molar-refractivity contribution >= 4 is 53.0 Å². The monoisotopic (exact) mass is 280 g/mol. The van der Waals surface area contributed by atoms with Gasteiger partial charge < -0.3 is 4.74 Å². The molecule has 0 unspecified atom stereocenters. The predicted octanol–water partition coefficient (Wildman–Crippen LogP) is 3.72. The number of carbonyl (C=O) groups excluding carboxylic acids is 1. The van der Waals surface area contributed by atoms with Crippen LogP contribution in [0.15, 0.2) is 19.3 Å². The first-order chi connectivity index (χ1) is 7.17. The summed E-state index contributed by atoms with van der Waals surface area (Å²) in [5.41, 5.74) is 0. The molecule has 0 aromatic rings. The SMILES string of the molecule is C=C1SC(SC)=C(SCCC(=O)OC)S1. The Kier molecular flexibility index (Phi) is 6.11. The normalized spacial score (nSPS) is 16.0. The van der Waals surface area contributed by atoms with Crippen molar-refractivity contribution in [3.63, 3.8) is 0 Å². The summed E-state index contributed by atoms with van der Waals surface area (Å²) in [6.07, 6.45) is 2.52. The number of hydrogen-bond donors (Lipinski definition) is 0. The van der Waals surface area contributed by atoms with E-state index in [9.17, 15) is 4.79 Å². The lowest BCUT2D eigenvalue weighted by Crippen LogP contribution is -2.00. The number of methoxy groups -OCH3 is 1. The quantitative estimate of drug-likeness (QED) is 0.712. The molecule has 1 heterocycles. The third-order valence-corrected chi connectivity index (χ3v) is 6.59. The van der Waals surface area contributed by atoms with Crippen molar-refractivity contribution in [2.24, 2.45) is 0 Å². The van der Waals surface area contributed by atoms with Crippen LogP contribution in [0.1, 0.15) is 6.42 Å². The van der Waals surface area contributed by atoms with Gasteiger partial charge in [-0.15, -0.1) is 23.5 Å². The number of hydrogen-bond acceptors (Lipinski definition) is 6. The molecule has 0 N–H and O–H groups in total. The average molecular weight is 280 g/mol. The Labute approximate surface area is 107 Å². The molecule has 0 aromatic carbocycles. The Morgan fingerprint density at radius 1 is 1.47 bits per heavy atom. The molecule has 6 heteroatoms. The molecule has 1 aliphatic rings. The summed E-state index contributed by atoms with van der Waals surface area (Å²) < 4.78 is 8.25. The summed E-state index contributed by atoms with van der Waals surface area (Å²) in [5, 5.41) is 0. The van der Waals surface area contributed by atoms with Crippen LogP contribution in [0.5, 0.6) is 0 Å². The summed E-state index contributed by atoms with van der Waals surface area (Å²) in [5.74, 6) is 0.621. The molecule has 0 saturated heterocycles. The summed E-state index contributed by atoms with van der Waals surface area (Å²) in [4.78, 5) is 10.9. The van der Waals surface area contributed by atoms with E-state index >= 15 is 0 Å². The van der Waals surface area contributed by atoms with Gasteiger partial charge in [-0.2, -0.15) is 0 Å². The van der Waals surface area contributed by atoms with Crippen LogP contribution in [0, 0.1) is 0 Å². The first-order valence-electron chi connectivity index (χ1n) is 4.20. The number of carbonyl (C=O) groups is 1. The van der Waals surface area contributed by atoms with E-state index in [0.29, 0.717) is 6.42 Å². The third kappa shape index (κ3) is 4.38. The van der Waals surface area contributed by atoms with Crippen molar-refractivity contribution in [2.45, 2.75) is 6.42 Å². The zero-order chi connectivity index (χ0) is 11.3. The zero-order valence-electron chi connectivity index (χ0n) is 8.57. The Bertz CT molecular complexity index is 298. The molecule has 0 atom stereocenters. The van der Waals surface area contributed by atoms with E-state index in [1.165, 1.54) is 15.6 Å². The van der Waals surface area contributed by atoms with Gasteiger partial charge in [0.2, 0.25) is 0 Å². The van der Waals surface area contributed by atoms with E-state index < -0.39 is 0 Å². The Morgan fingerprint density at radius 3 is 2.73 bits per heavy atom. The molecule has 84 valence electrons. The molecule has 15 heavy (non-hydrogen) atoms. The molecule has 0 saturated carbocycles. The van der Waals surface area contributed by atoms with Crippen molar-refractivity contribution < 1.29 is 9.53 Å². The van der Waals surface area contributed by atoms with Gasteiger partial charge >= 0.3 is 5.97 Å². The van der Waals surface area contributed by atoms with Gasteiger partial charge in [-0.25, -0.2) is 0 Å². The largest absolute Gasteiger partial charge is 0.469 e. The van der Waals surface area contributed by atoms with Crippen LogP contribution in [0.25, 0.3) is 0 Å². The van der Waals surface area contributed by atoms with Gasteiger partial charge in [0.15, 0.2) is 0 Å². The van der Waals surface area contributed by atoms with Crippen molar-refractivity contribution in [1.29, 1.82) is 0 Å². The Morgan fingerprint density at radius 2 is 2.13 bits per heavy atom. The van der Waals surface area contributed by atoms with E-state index in [1.54, 1.807) is 47.0 Å². The summed E-state index contributed by atoms with van der Waals surface area (Å²) in [6, 6.07) is 0. The molecule has 0 bridgehead atoms. The summed E-state index contributed by atoms with van der Waals surface area (Å²) in [6.45, 7) is 3.93. The van der Waals surface area contributed by atoms with Crippen LogP contribution in [-0.2, 0) is 9.53 Å². The molecule has 0 spiro atoms. The lowest BCUT2D eigenvalue weighted by molar-refractivity contribution is -0.140. The van der Waals surface area contributed by atoms with Crippen molar-refractivity contribution in [2.75, 3.05) is 19.1 Å².